The number of rotatable bonds is 7. The molecule has 1 aliphatic heterocycles. The molecule has 8 heteroatoms. The van der Waals surface area contributed by atoms with Gasteiger partial charge in [0.2, 0.25) is 5.13 Å². The van der Waals surface area contributed by atoms with Gasteiger partial charge < -0.3 is 4.74 Å². The van der Waals surface area contributed by atoms with E-state index in [1.165, 1.54) is 23.1 Å². The van der Waals surface area contributed by atoms with E-state index < -0.39 is 0 Å². The zero-order valence-corrected chi connectivity index (χ0v) is 18.8. The van der Waals surface area contributed by atoms with E-state index in [4.69, 9.17) is 16.3 Å². The summed E-state index contributed by atoms with van der Waals surface area (Å²) in [7, 11) is 0. The number of hydrogen-bond donors (Lipinski definition) is 0. The summed E-state index contributed by atoms with van der Waals surface area (Å²) in [4.78, 5) is 23.7. The van der Waals surface area contributed by atoms with Crippen LogP contribution in [0.3, 0.4) is 0 Å². The van der Waals surface area contributed by atoms with E-state index in [0.717, 1.165) is 16.9 Å². The summed E-state index contributed by atoms with van der Waals surface area (Å²) >= 11 is 8.67. The number of carbonyl (C=O) groups excluding carboxylic acids is 1. The smallest absolute Gasteiger partial charge is 0.267 e. The Bertz CT molecular complexity index is 1120. The molecule has 1 saturated heterocycles. The van der Waals surface area contributed by atoms with Gasteiger partial charge >= 0.3 is 0 Å². The van der Waals surface area contributed by atoms with E-state index in [1.807, 2.05) is 60.0 Å². The van der Waals surface area contributed by atoms with Gasteiger partial charge in [-0.1, -0.05) is 41.9 Å². The summed E-state index contributed by atoms with van der Waals surface area (Å²) in [5.74, 6) is 0.657. The van der Waals surface area contributed by atoms with Gasteiger partial charge in [-0.3, -0.25) is 9.69 Å². The topological polar surface area (TPSA) is 54.8 Å². The van der Waals surface area contributed by atoms with E-state index in [9.17, 15) is 4.79 Å². The summed E-state index contributed by atoms with van der Waals surface area (Å²) in [5.41, 5.74) is 1.95. The first-order chi connectivity index (χ1) is 15.1. The van der Waals surface area contributed by atoms with Crippen LogP contribution < -0.4 is 4.74 Å². The fourth-order valence-corrected chi connectivity index (χ4v) is 4.47. The van der Waals surface area contributed by atoms with Crippen LogP contribution in [0.25, 0.3) is 6.08 Å². The van der Waals surface area contributed by atoms with Crippen LogP contribution >= 0.6 is 34.7 Å². The monoisotopic (exact) mass is 467 g/mol. The zero-order chi connectivity index (χ0) is 21.6. The quantitative estimate of drug-likeness (QED) is 0.308. The molecule has 2 heterocycles. The highest BCUT2D eigenvalue weighted by Crippen LogP contribution is 2.34. The summed E-state index contributed by atoms with van der Waals surface area (Å²) < 4.78 is 5.82. The number of aromatic nitrogens is 1. The molecular formula is C23H18ClN3O2S2. The molecule has 0 radical (unpaired) electrons. The minimum atomic E-state index is -0.0942. The van der Waals surface area contributed by atoms with Gasteiger partial charge in [-0.05, 0) is 53.2 Å². The predicted molar refractivity (Wildman–Crippen MR) is 129 cm³/mol. The average molecular weight is 468 g/mol. The minimum absolute atomic E-state index is 0.0942. The number of aliphatic imine (C=N–C) groups is 1. The first-order valence-corrected chi connectivity index (χ1v) is 11.5. The number of ether oxygens (including phenoxy) is 1. The molecule has 1 fully saturated rings. The SMILES string of the molecule is C=CCN1C(=O)/C(=C/c2ccc(OCc3ccc(Cl)cc3)cc2)S/C1=N/c1nccs1. The maximum absolute atomic E-state index is 12.8. The van der Waals surface area contributed by atoms with Crippen LogP contribution in [0.4, 0.5) is 5.13 Å². The van der Waals surface area contributed by atoms with Gasteiger partial charge in [-0.25, -0.2) is 4.98 Å². The van der Waals surface area contributed by atoms with Gasteiger partial charge in [0.15, 0.2) is 5.17 Å². The van der Waals surface area contributed by atoms with Crippen molar-refractivity contribution in [1.82, 2.24) is 9.88 Å². The van der Waals surface area contributed by atoms with E-state index in [2.05, 4.69) is 16.6 Å². The largest absolute Gasteiger partial charge is 0.489 e. The van der Waals surface area contributed by atoms with Crippen molar-refractivity contribution < 1.29 is 9.53 Å². The molecule has 0 atom stereocenters. The summed E-state index contributed by atoms with van der Waals surface area (Å²) in [6.07, 6.45) is 5.23. The Balaban J connectivity index is 1.46. The molecule has 2 aromatic carbocycles. The van der Waals surface area contributed by atoms with E-state index in [1.54, 1.807) is 17.2 Å². The van der Waals surface area contributed by atoms with Crippen molar-refractivity contribution in [2.24, 2.45) is 4.99 Å². The lowest BCUT2D eigenvalue weighted by Crippen LogP contribution is -2.29. The number of amidine groups is 1. The van der Waals surface area contributed by atoms with Crippen molar-refractivity contribution >= 4 is 57.0 Å². The van der Waals surface area contributed by atoms with Crippen LogP contribution in [0, 0.1) is 0 Å². The third-order valence-electron chi connectivity index (χ3n) is 4.31. The Kier molecular flexibility index (Phi) is 6.86. The Morgan fingerprint density at radius 3 is 2.61 bits per heavy atom. The Morgan fingerprint density at radius 2 is 1.94 bits per heavy atom. The van der Waals surface area contributed by atoms with Crippen molar-refractivity contribution in [1.29, 1.82) is 0 Å². The number of amides is 1. The molecule has 1 amide bonds. The molecule has 0 bridgehead atoms. The van der Waals surface area contributed by atoms with E-state index >= 15 is 0 Å². The van der Waals surface area contributed by atoms with Gasteiger partial charge in [0.05, 0.1) is 4.91 Å². The van der Waals surface area contributed by atoms with Crippen LogP contribution in [0.1, 0.15) is 11.1 Å². The molecule has 0 saturated carbocycles. The Morgan fingerprint density at radius 1 is 1.16 bits per heavy atom. The van der Waals surface area contributed by atoms with E-state index in [0.29, 0.717) is 33.4 Å². The van der Waals surface area contributed by atoms with Gasteiger partial charge in [-0.2, -0.15) is 4.99 Å². The zero-order valence-electron chi connectivity index (χ0n) is 16.4. The third kappa shape index (κ3) is 5.44. The number of nitrogens with zero attached hydrogens (tertiary/aromatic N) is 3. The number of hydrogen-bond acceptors (Lipinski definition) is 6. The van der Waals surface area contributed by atoms with Crippen LogP contribution in [0.5, 0.6) is 5.75 Å². The molecule has 1 aliphatic rings. The second-order valence-electron chi connectivity index (χ2n) is 6.51. The lowest BCUT2D eigenvalue weighted by molar-refractivity contribution is -0.121. The van der Waals surface area contributed by atoms with Crippen LogP contribution in [-0.2, 0) is 11.4 Å². The Hall–Kier alpha value is -2.87. The summed E-state index contributed by atoms with van der Waals surface area (Å²) in [6, 6.07) is 15.2. The minimum Gasteiger partial charge on any atom is -0.489 e. The van der Waals surface area contributed by atoms with Crippen molar-refractivity contribution in [2.45, 2.75) is 6.61 Å². The molecule has 0 spiro atoms. The van der Waals surface area contributed by atoms with E-state index in [-0.39, 0.29) is 5.91 Å². The average Bonchev–Trinajstić information content (AvgIpc) is 3.39. The van der Waals surface area contributed by atoms with Gasteiger partial charge in [0.1, 0.15) is 12.4 Å². The molecule has 4 rings (SSSR count). The molecule has 3 aromatic rings. The molecule has 31 heavy (non-hydrogen) atoms. The number of thiazole rings is 1. The predicted octanol–water partition coefficient (Wildman–Crippen LogP) is 6.17. The maximum atomic E-state index is 12.8. The maximum Gasteiger partial charge on any atom is 0.267 e. The third-order valence-corrected chi connectivity index (χ3v) is 6.23. The second kappa shape index (κ2) is 9.96. The first-order valence-electron chi connectivity index (χ1n) is 9.40. The fraction of sp³-hybridized carbons (Fsp3) is 0.0870. The summed E-state index contributed by atoms with van der Waals surface area (Å²) in [5, 5.41) is 3.78. The fourth-order valence-electron chi connectivity index (χ4n) is 2.79. The second-order valence-corrected chi connectivity index (χ2v) is 8.83. The standard InChI is InChI=1S/C23H18ClN3O2S2/c1-2-12-27-21(28)20(31-23(27)26-22-25-11-13-30-22)14-16-5-9-19(10-6-16)29-15-17-3-7-18(24)8-4-17/h2-11,13-14H,1,12,15H2/b20-14-,26-23+. The van der Waals surface area contributed by atoms with Crippen molar-refractivity contribution in [3.63, 3.8) is 0 Å². The number of carbonyl (C=O) groups is 1. The highest BCUT2D eigenvalue weighted by Gasteiger charge is 2.32. The molecule has 0 aliphatic carbocycles. The number of halogens is 1. The molecule has 5 nitrogen and oxygen atoms in total. The van der Waals surface area contributed by atoms with Crippen molar-refractivity contribution in [2.75, 3.05) is 6.54 Å². The molecule has 0 N–H and O–H groups in total. The van der Waals surface area contributed by atoms with Crippen molar-refractivity contribution in [3.05, 3.63) is 93.8 Å². The Labute approximate surface area is 193 Å². The molecule has 0 unspecified atom stereocenters. The lowest BCUT2D eigenvalue weighted by atomic mass is 10.2. The first kappa shape index (κ1) is 21.4. The normalized spacial score (nSPS) is 16.3. The lowest BCUT2D eigenvalue weighted by Gasteiger charge is -2.11. The molecular weight excluding hydrogens is 450 g/mol. The van der Waals surface area contributed by atoms with Crippen LogP contribution in [0.2, 0.25) is 5.02 Å². The van der Waals surface area contributed by atoms with Crippen LogP contribution in [0.15, 0.2) is 82.7 Å². The number of thioether (sulfide) groups is 1. The highest BCUT2D eigenvalue weighted by molar-refractivity contribution is 8.18. The summed E-state index contributed by atoms with van der Waals surface area (Å²) in [6.45, 7) is 4.59. The van der Waals surface area contributed by atoms with Crippen LogP contribution in [-0.4, -0.2) is 27.5 Å². The highest BCUT2D eigenvalue weighted by atomic mass is 35.5. The van der Waals surface area contributed by atoms with Gasteiger partial charge in [0.25, 0.3) is 5.91 Å². The van der Waals surface area contributed by atoms with Crippen molar-refractivity contribution in [3.8, 4) is 5.75 Å². The van der Waals surface area contributed by atoms with Gasteiger partial charge in [0, 0.05) is 23.1 Å². The van der Waals surface area contributed by atoms with Gasteiger partial charge in [-0.15, -0.1) is 17.9 Å². The molecule has 156 valence electrons. The molecule has 1 aromatic heterocycles. The number of benzene rings is 2.